The summed E-state index contributed by atoms with van der Waals surface area (Å²) in [5, 5.41) is -0.224. The molecular weight excluding hydrogens is 621 g/mol. The summed E-state index contributed by atoms with van der Waals surface area (Å²) in [5.74, 6) is 0. The Morgan fingerprint density at radius 2 is 0.400 bits per heavy atom. The van der Waals surface area contributed by atoms with Crippen LogP contribution in [0.4, 0.5) is 0 Å². The molecule has 0 N–H and O–H groups in total. The molecule has 301 valence electrons. The van der Waals surface area contributed by atoms with Crippen molar-refractivity contribution in [1.82, 2.24) is 0 Å². The zero-order valence-electron chi connectivity index (χ0n) is 36.9. The monoisotopic (exact) mass is 720 g/mol. The summed E-state index contributed by atoms with van der Waals surface area (Å²) in [6.45, 7) is 21.5. The molecule has 2 heteroatoms. The fourth-order valence-electron chi connectivity index (χ4n) is 9.97. The van der Waals surface area contributed by atoms with Crippen LogP contribution in [0.25, 0.3) is 0 Å². The van der Waals surface area contributed by atoms with E-state index in [0.29, 0.717) is 0 Å². The van der Waals surface area contributed by atoms with Crippen molar-refractivity contribution in [3.63, 3.8) is 0 Å². The summed E-state index contributed by atoms with van der Waals surface area (Å²) in [5.41, 5.74) is 0. The van der Waals surface area contributed by atoms with Crippen molar-refractivity contribution in [3.8, 4) is 0 Å². The molecule has 0 unspecified atom stereocenters. The van der Waals surface area contributed by atoms with Crippen molar-refractivity contribution < 1.29 is 4.80 Å². The molecule has 0 spiro atoms. The summed E-state index contributed by atoms with van der Waals surface area (Å²) in [7, 11) is -2.97. The lowest BCUT2D eigenvalue weighted by Gasteiger charge is -2.56. The van der Waals surface area contributed by atoms with Crippen LogP contribution in [0.1, 0.15) is 293 Å². The van der Waals surface area contributed by atoms with E-state index >= 15 is 4.80 Å². The number of rotatable bonds is 39. The quantitative estimate of drug-likeness (QED) is 0.0445. The molecular formula is C48H99OSi. The molecule has 0 aliphatic rings. The Kier molecular flexibility index (Phi) is 31.6. The van der Waals surface area contributed by atoms with Gasteiger partial charge in [-0.05, 0) is 34.4 Å². The van der Waals surface area contributed by atoms with E-state index in [4.69, 9.17) is 0 Å². The molecule has 0 saturated heterocycles. The molecule has 0 aliphatic carbocycles. The minimum Gasteiger partial charge on any atom is -0.296 e. The molecule has 0 aromatic carbocycles. The molecule has 0 aromatic heterocycles. The lowest BCUT2D eigenvalue weighted by Crippen LogP contribution is -2.60. The smallest absolute Gasteiger partial charge is 0.254 e. The lowest BCUT2D eigenvalue weighted by molar-refractivity contribution is 0.254. The van der Waals surface area contributed by atoms with Crippen molar-refractivity contribution in [3.05, 3.63) is 0 Å². The van der Waals surface area contributed by atoms with Gasteiger partial charge in [0.2, 0.25) is 0 Å². The Balaban J connectivity index is 5.05. The highest BCUT2D eigenvalue weighted by atomic mass is 28.4. The van der Waals surface area contributed by atoms with Crippen molar-refractivity contribution in [2.45, 2.75) is 309 Å². The Hall–Kier alpha value is 0.177. The predicted molar refractivity (Wildman–Crippen MR) is 232 cm³/mol. The molecule has 0 saturated carbocycles. The van der Waals surface area contributed by atoms with E-state index in [-0.39, 0.29) is 15.1 Å². The average Bonchev–Trinajstić information content (AvgIpc) is 3.07. The molecule has 0 amide bonds. The van der Waals surface area contributed by atoms with Crippen molar-refractivity contribution >= 4 is 8.32 Å². The first-order valence-corrected chi connectivity index (χ1v) is 25.5. The maximum atomic E-state index is 16.0. The number of hydrogen-bond donors (Lipinski definition) is 0. The summed E-state index contributed by atoms with van der Waals surface area (Å²) in [6.07, 6.45) is 49.1. The Bertz CT molecular complexity index is 616. The van der Waals surface area contributed by atoms with Crippen molar-refractivity contribution in [1.29, 1.82) is 0 Å². The first kappa shape index (κ1) is 50.2. The van der Waals surface area contributed by atoms with Gasteiger partial charge >= 0.3 is 0 Å². The molecule has 0 bridgehead atoms. The van der Waals surface area contributed by atoms with Crippen LogP contribution < -0.4 is 0 Å². The highest BCUT2D eigenvalue weighted by Crippen LogP contribution is 2.66. The van der Waals surface area contributed by atoms with E-state index in [1.165, 1.54) is 212 Å². The van der Waals surface area contributed by atoms with Gasteiger partial charge in [-0.3, -0.25) is 4.80 Å². The lowest BCUT2D eigenvalue weighted by atomic mass is 9.99. The van der Waals surface area contributed by atoms with E-state index in [1.807, 2.05) is 0 Å². The predicted octanol–water partition coefficient (Wildman–Crippen LogP) is 18.8. The van der Waals surface area contributed by atoms with Gasteiger partial charge in [0.1, 0.15) is 0 Å². The third kappa shape index (κ3) is 22.4. The van der Waals surface area contributed by atoms with E-state index in [9.17, 15) is 0 Å². The number of unbranched alkanes of at least 4 members (excludes halogenated alkanes) is 30. The molecule has 0 aromatic rings. The molecule has 1 radical (unpaired) electrons. The number of hydrogen-bond acceptors (Lipinski definition) is 0. The first-order chi connectivity index (χ1) is 23.9. The van der Waals surface area contributed by atoms with Crippen molar-refractivity contribution in [2.24, 2.45) is 0 Å². The molecule has 0 fully saturated rings. The first-order valence-electron chi connectivity index (χ1n) is 23.6. The SMILES string of the molecule is CCCCCCCCCCCCCC(C)(C)[Si]([O])(C(C)(C)CCCCCCCCCCCCC)C(C)(C)CCCCCCCCCCCCC. The molecule has 0 aliphatic heterocycles. The van der Waals surface area contributed by atoms with Gasteiger partial charge < -0.3 is 0 Å². The van der Waals surface area contributed by atoms with E-state index in [1.54, 1.807) is 0 Å². The van der Waals surface area contributed by atoms with Gasteiger partial charge in [0.05, 0.1) is 0 Å². The molecule has 50 heavy (non-hydrogen) atoms. The molecule has 1 nitrogen and oxygen atoms in total. The van der Waals surface area contributed by atoms with Gasteiger partial charge in [0, 0.05) is 0 Å². The van der Waals surface area contributed by atoms with Crippen LogP contribution in [0.15, 0.2) is 0 Å². The van der Waals surface area contributed by atoms with Crippen LogP contribution in [0.5, 0.6) is 0 Å². The zero-order valence-corrected chi connectivity index (χ0v) is 37.9. The van der Waals surface area contributed by atoms with Crippen LogP contribution in [-0.2, 0) is 4.80 Å². The highest BCUT2D eigenvalue weighted by Gasteiger charge is 2.65. The molecule has 0 rings (SSSR count). The van der Waals surface area contributed by atoms with Gasteiger partial charge in [-0.15, -0.1) is 0 Å². The van der Waals surface area contributed by atoms with E-state index in [2.05, 4.69) is 62.3 Å². The third-order valence-corrected chi connectivity index (χ3v) is 19.5. The molecule has 0 atom stereocenters. The second-order valence-corrected chi connectivity index (χ2v) is 24.6. The summed E-state index contributed by atoms with van der Waals surface area (Å²) in [6, 6.07) is 0. The van der Waals surface area contributed by atoms with Crippen LogP contribution in [0.3, 0.4) is 0 Å². The fourth-order valence-corrected chi connectivity index (χ4v) is 17.1. The Labute approximate surface area is 320 Å². The maximum absolute atomic E-state index is 16.0. The topological polar surface area (TPSA) is 19.9 Å². The fraction of sp³-hybridized carbons (Fsp3) is 1.00. The second-order valence-electron chi connectivity index (χ2n) is 19.2. The minimum atomic E-state index is -2.97. The third-order valence-electron chi connectivity index (χ3n) is 13.1. The summed E-state index contributed by atoms with van der Waals surface area (Å²) >= 11 is 0. The van der Waals surface area contributed by atoms with Crippen LogP contribution in [-0.4, -0.2) is 8.32 Å². The Morgan fingerprint density at radius 1 is 0.260 bits per heavy atom. The minimum absolute atomic E-state index is 0.0746. The van der Waals surface area contributed by atoms with Gasteiger partial charge in [-0.2, -0.15) is 0 Å². The standard InChI is InChI=1S/C48H99OSi/c1-10-13-16-19-22-25-28-31-34-37-40-43-46(4,5)50(49,47(6,7)44-41-38-35-32-29-26-23-20-17-14-11-2)48(8,9)45-42-39-36-33-30-27-24-21-18-15-12-3/h10-45H2,1-9H3. The van der Waals surface area contributed by atoms with Crippen LogP contribution >= 0.6 is 0 Å². The zero-order chi connectivity index (χ0) is 37.5. The van der Waals surface area contributed by atoms with Crippen LogP contribution in [0, 0.1) is 0 Å². The van der Waals surface area contributed by atoms with E-state index < -0.39 is 8.32 Å². The highest BCUT2D eigenvalue weighted by molar-refractivity contribution is 6.80. The normalized spacial score (nSPS) is 13.1. The van der Waals surface area contributed by atoms with Gasteiger partial charge in [-0.1, -0.05) is 274 Å². The van der Waals surface area contributed by atoms with E-state index in [0.717, 1.165) is 19.3 Å². The van der Waals surface area contributed by atoms with Crippen LogP contribution in [0.2, 0.25) is 15.1 Å². The Morgan fingerprint density at radius 3 is 0.560 bits per heavy atom. The maximum Gasteiger partial charge on any atom is 0.254 e. The van der Waals surface area contributed by atoms with Gasteiger partial charge in [0.15, 0.2) is 0 Å². The summed E-state index contributed by atoms with van der Waals surface area (Å²) < 4.78 is 0. The van der Waals surface area contributed by atoms with Crippen molar-refractivity contribution in [2.75, 3.05) is 0 Å². The summed E-state index contributed by atoms with van der Waals surface area (Å²) in [4.78, 5) is 16.0. The van der Waals surface area contributed by atoms with Gasteiger partial charge in [0.25, 0.3) is 8.32 Å². The largest absolute Gasteiger partial charge is 0.296 e. The van der Waals surface area contributed by atoms with Gasteiger partial charge in [-0.25, -0.2) is 0 Å². The molecule has 0 heterocycles. The average molecular weight is 720 g/mol. The second kappa shape index (κ2) is 31.5.